The van der Waals surface area contributed by atoms with Crippen molar-refractivity contribution in [2.75, 3.05) is 0 Å². The minimum atomic E-state index is 0.246. The maximum Gasteiger partial charge on any atom is 0.0461 e. The van der Waals surface area contributed by atoms with Gasteiger partial charge in [-0.25, -0.2) is 0 Å². The van der Waals surface area contributed by atoms with Crippen LogP contribution < -0.4 is 0 Å². The van der Waals surface area contributed by atoms with Crippen molar-refractivity contribution in [2.24, 2.45) is 5.92 Å². The summed E-state index contributed by atoms with van der Waals surface area (Å²) < 4.78 is 0. The number of allylic oxidation sites excluding steroid dienone is 4. The molecule has 0 saturated heterocycles. The van der Waals surface area contributed by atoms with Gasteiger partial charge in [0.15, 0.2) is 0 Å². The van der Waals surface area contributed by atoms with E-state index in [2.05, 4.69) is 76.3 Å². The first-order chi connectivity index (χ1) is 8.56. The Hall–Kier alpha value is -1.74. The molecule has 0 heterocycles. The Morgan fingerprint density at radius 1 is 0.944 bits per heavy atom. The third-order valence-corrected chi connectivity index (χ3v) is 3.50. The Morgan fingerprint density at radius 3 is 2.39 bits per heavy atom. The van der Waals surface area contributed by atoms with E-state index in [-0.39, 0.29) is 5.92 Å². The summed E-state index contributed by atoms with van der Waals surface area (Å²) in [4.78, 5) is 0. The lowest BCUT2D eigenvalue weighted by Crippen LogP contribution is -2.01. The number of rotatable bonds is 0. The third-order valence-electron chi connectivity index (χ3n) is 3.50. The van der Waals surface area contributed by atoms with Crippen LogP contribution in [0.1, 0.15) is 30.5 Å². The molecule has 0 nitrogen and oxygen atoms in total. The van der Waals surface area contributed by atoms with E-state index in [0.29, 0.717) is 0 Å². The number of aryl methyl sites for hydroxylation is 2. The molecular weight excluding hydrogens is 216 g/mol. The molecule has 1 atom stereocenters. The smallest absolute Gasteiger partial charge is 0.0461 e. The SMILES string of the molecule is CC1=C(C)C=CC(C#Cc2ccc(C)c(C)c2)[CH]1. The summed E-state index contributed by atoms with van der Waals surface area (Å²) in [5, 5.41) is 0. The van der Waals surface area contributed by atoms with Crippen LogP contribution in [0.25, 0.3) is 0 Å². The highest BCUT2D eigenvalue weighted by Crippen LogP contribution is 2.21. The molecule has 91 valence electrons. The van der Waals surface area contributed by atoms with Crippen molar-refractivity contribution in [3.63, 3.8) is 0 Å². The van der Waals surface area contributed by atoms with E-state index in [4.69, 9.17) is 0 Å². The molecular formula is C18H19. The highest BCUT2D eigenvalue weighted by molar-refractivity contribution is 5.44. The summed E-state index contributed by atoms with van der Waals surface area (Å²) in [5.41, 5.74) is 6.39. The number of hydrogen-bond acceptors (Lipinski definition) is 0. The van der Waals surface area contributed by atoms with Crippen LogP contribution in [-0.4, -0.2) is 0 Å². The molecule has 1 aliphatic rings. The summed E-state index contributed by atoms with van der Waals surface area (Å²) >= 11 is 0. The van der Waals surface area contributed by atoms with E-state index in [1.807, 2.05) is 0 Å². The Balaban J connectivity index is 2.14. The fraction of sp³-hybridized carbons (Fsp3) is 0.278. The van der Waals surface area contributed by atoms with Gasteiger partial charge in [0.2, 0.25) is 0 Å². The summed E-state index contributed by atoms with van der Waals surface area (Å²) in [6.07, 6.45) is 6.55. The van der Waals surface area contributed by atoms with Crippen molar-refractivity contribution in [3.8, 4) is 11.8 Å². The van der Waals surface area contributed by atoms with Crippen molar-refractivity contribution >= 4 is 0 Å². The van der Waals surface area contributed by atoms with Gasteiger partial charge in [0.05, 0.1) is 0 Å². The van der Waals surface area contributed by atoms with Crippen molar-refractivity contribution < 1.29 is 0 Å². The second kappa shape index (κ2) is 5.27. The normalized spacial score (nSPS) is 18.6. The predicted molar refractivity (Wildman–Crippen MR) is 78.1 cm³/mol. The largest absolute Gasteiger partial charge is 0.0897 e. The molecule has 1 aromatic rings. The highest BCUT2D eigenvalue weighted by atomic mass is 14.1. The molecule has 0 amide bonds. The van der Waals surface area contributed by atoms with Crippen LogP contribution >= 0.6 is 0 Å². The van der Waals surface area contributed by atoms with Gasteiger partial charge in [0.1, 0.15) is 0 Å². The monoisotopic (exact) mass is 235 g/mol. The summed E-state index contributed by atoms with van der Waals surface area (Å²) in [6, 6.07) is 6.38. The maximum atomic E-state index is 3.31. The lowest BCUT2D eigenvalue weighted by Gasteiger charge is -2.13. The molecule has 0 N–H and O–H groups in total. The van der Waals surface area contributed by atoms with E-state index in [9.17, 15) is 0 Å². The van der Waals surface area contributed by atoms with Gasteiger partial charge in [0.25, 0.3) is 0 Å². The molecule has 18 heavy (non-hydrogen) atoms. The quantitative estimate of drug-likeness (QED) is 0.585. The average molecular weight is 235 g/mol. The minimum absolute atomic E-state index is 0.246. The zero-order chi connectivity index (χ0) is 13.1. The third kappa shape index (κ3) is 2.93. The van der Waals surface area contributed by atoms with Gasteiger partial charge in [-0.3, -0.25) is 0 Å². The fourth-order valence-corrected chi connectivity index (χ4v) is 1.91. The number of benzene rings is 1. The summed E-state index contributed by atoms with van der Waals surface area (Å²) in [7, 11) is 0. The lowest BCUT2D eigenvalue weighted by atomic mass is 9.91. The van der Waals surface area contributed by atoms with Crippen LogP contribution in [0.15, 0.2) is 41.5 Å². The second-order valence-corrected chi connectivity index (χ2v) is 4.99. The molecule has 1 aromatic carbocycles. The first-order valence-electron chi connectivity index (χ1n) is 6.35. The van der Waals surface area contributed by atoms with E-state index in [0.717, 1.165) is 5.56 Å². The lowest BCUT2D eigenvalue weighted by molar-refractivity contribution is 0.973. The van der Waals surface area contributed by atoms with Crippen LogP contribution in [0, 0.1) is 38.0 Å². The Morgan fingerprint density at radius 2 is 1.72 bits per heavy atom. The van der Waals surface area contributed by atoms with E-state index >= 15 is 0 Å². The number of hydrogen-bond donors (Lipinski definition) is 0. The molecule has 1 unspecified atom stereocenters. The fourth-order valence-electron chi connectivity index (χ4n) is 1.91. The molecule has 0 aromatic heterocycles. The first kappa shape index (κ1) is 12.7. The Bertz CT molecular complexity index is 574. The zero-order valence-corrected chi connectivity index (χ0v) is 11.5. The van der Waals surface area contributed by atoms with Gasteiger partial charge in [-0.05, 0) is 51.0 Å². The van der Waals surface area contributed by atoms with Crippen molar-refractivity contribution in [1.82, 2.24) is 0 Å². The van der Waals surface area contributed by atoms with Gasteiger partial charge in [-0.2, -0.15) is 0 Å². The van der Waals surface area contributed by atoms with E-state index in [1.165, 1.54) is 22.3 Å². The van der Waals surface area contributed by atoms with Crippen LogP contribution in [0.2, 0.25) is 0 Å². The average Bonchev–Trinajstić information content (AvgIpc) is 2.35. The van der Waals surface area contributed by atoms with Gasteiger partial charge in [-0.15, -0.1) is 0 Å². The second-order valence-electron chi connectivity index (χ2n) is 4.99. The first-order valence-corrected chi connectivity index (χ1v) is 6.35. The molecule has 1 radical (unpaired) electrons. The molecule has 2 rings (SSSR count). The van der Waals surface area contributed by atoms with Crippen molar-refractivity contribution in [2.45, 2.75) is 27.7 Å². The van der Waals surface area contributed by atoms with E-state index in [1.54, 1.807) is 0 Å². The van der Waals surface area contributed by atoms with Crippen LogP contribution in [-0.2, 0) is 0 Å². The summed E-state index contributed by atoms with van der Waals surface area (Å²) in [5.74, 6) is 6.82. The van der Waals surface area contributed by atoms with Gasteiger partial charge in [-0.1, -0.05) is 41.2 Å². The van der Waals surface area contributed by atoms with Crippen molar-refractivity contribution in [3.05, 3.63) is 64.6 Å². The summed E-state index contributed by atoms with van der Waals surface area (Å²) in [6.45, 7) is 8.53. The van der Waals surface area contributed by atoms with Gasteiger partial charge >= 0.3 is 0 Å². The zero-order valence-electron chi connectivity index (χ0n) is 11.5. The van der Waals surface area contributed by atoms with Gasteiger partial charge in [0, 0.05) is 17.9 Å². The van der Waals surface area contributed by atoms with Crippen LogP contribution in [0.3, 0.4) is 0 Å². The molecule has 0 spiro atoms. The van der Waals surface area contributed by atoms with Crippen LogP contribution in [0.5, 0.6) is 0 Å². The molecule has 0 aliphatic heterocycles. The molecule has 1 aliphatic carbocycles. The standard InChI is InChI=1S/C18H19/c1-13-5-7-17(11-15(13)3)9-10-18-8-6-14(2)16(4)12-18/h5-8,11-12,17H,1-4H3. The highest BCUT2D eigenvalue weighted by Gasteiger charge is 2.08. The minimum Gasteiger partial charge on any atom is -0.0897 e. The van der Waals surface area contributed by atoms with Crippen molar-refractivity contribution in [1.29, 1.82) is 0 Å². The Labute approximate surface area is 110 Å². The van der Waals surface area contributed by atoms with E-state index < -0.39 is 0 Å². The molecule has 0 fully saturated rings. The molecule has 0 heteroatoms. The Kier molecular flexibility index (Phi) is 3.72. The maximum absolute atomic E-state index is 3.31. The molecule has 0 saturated carbocycles. The van der Waals surface area contributed by atoms with Gasteiger partial charge < -0.3 is 0 Å². The predicted octanol–water partition coefficient (Wildman–Crippen LogP) is 4.38. The van der Waals surface area contributed by atoms with Crippen LogP contribution in [0.4, 0.5) is 0 Å². The molecule has 0 bridgehead atoms. The topological polar surface area (TPSA) is 0 Å².